The lowest BCUT2D eigenvalue weighted by Crippen LogP contribution is -2.31. The summed E-state index contributed by atoms with van der Waals surface area (Å²) < 4.78 is 21.0. The van der Waals surface area contributed by atoms with Gasteiger partial charge in [-0.3, -0.25) is 24.0 Å². The number of hydrogen-bond donors (Lipinski definition) is 5. The quantitative estimate of drug-likeness (QED) is 0.0878. The van der Waals surface area contributed by atoms with Crippen molar-refractivity contribution in [1.29, 1.82) is 0 Å². The third-order valence-electron chi connectivity index (χ3n) is 4.53. The zero-order chi connectivity index (χ0) is 27.6. The summed E-state index contributed by atoms with van der Waals surface area (Å²) in [6.07, 6.45) is 2.58. The van der Waals surface area contributed by atoms with Crippen LogP contribution in [0.25, 0.3) is 0 Å². The van der Waals surface area contributed by atoms with Crippen LogP contribution in [0.1, 0.15) is 44.9 Å². The molecular formula is C23H41N3O11. The summed E-state index contributed by atoms with van der Waals surface area (Å²) >= 11 is 0. The smallest absolute Gasteiger partial charge is 0.303 e. The van der Waals surface area contributed by atoms with Crippen LogP contribution in [-0.4, -0.2) is 112 Å². The minimum Gasteiger partial charge on any atom is -0.481 e. The third kappa shape index (κ3) is 27.6. The second-order valence-corrected chi connectivity index (χ2v) is 7.83. The molecule has 5 N–H and O–H groups in total. The van der Waals surface area contributed by atoms with E-state index in [0.717, 1.165) is 6.42 Å². The Balaban J connectivity index is 3.35. The molecule has 214 valence electrons. The number of nitrogens with one attached hydrogen (secondary N) is 3. The summed E-state index contributed by atoms with van der Waals surface area (Å²) in [5.74, 6) is -2.52. The molecular weight excluding hydrogens is 494 g/mol. The van der Waals surface area contributed by atoms with Crippen molar-refractivity contribution in [3.05, 3.63) is 0 Å². The van der Waals surface area contributed by atoms with E-state index in [1.807, 2.05) is 0 Å². The van der Waals surface area contributed by atoms with Crippen LogP contribution in [0.2, 0.25) is 0 Å². The summed E-state index contributed by atoms with van der Waals surface area (Å²) in [5.41, 5.74) is 0. The molecule has 0 heterocycles. The van der Waals surface area contributed by atoms with Gasteiger partial charge in [0.25, 0.3) is 0 Å². The highest BCUT2D eigenvalue weighted by Crippen LogP contribution is 1.98. The van der Waals surface area contributed by atoms with E-state index >= 15 is 0 Å². The molecule has 0 radical (unpaired) electrons. The molecule has 0 aromatic heterocycles. The van der Waals surface area contributed by atoms with Crippen molar-refractivity contribution < 1.29 is 53.1 Å². The normalized spacial score (nSPS) is 10.6. The lowest BCUT2D eigenvalue weighted by atomic mass is 10.2. The van der Waals surface area contributed by atoms with Crippen LogP contribution in [0, 0.1) is 0 Å². The van der Waals surface area contributed by atoms with Crippen LogP contribution in [0.4, 0.5) is 0 Å². The Morgan fingerprint density at radius 3 is 1.46 bits per heavy atom. The second-order valence-electron chi connectivity index (χ2n) is 7.83. The number of amides is 3. The Kier molecular flexibility index (Phi) is 23.0. The standard InChI is InChI=1S/C23H41N3O11/c27-19(5-4-7-23(32)33)25-9-11-34-13-16-37-18-21(29)26-10-12-35-14-15-36-17-20(28)24-8-3-1-2-6-22(30)31/h1-18H2,(H,24,28)(H,25,27)(H,26,29)(H,30,31)(H,32,33). The van der Waals surface area contributed by atoms with Crippen molar-refractivity contribution in [1.82, 2.24) is 16.0 Å². The molecule has 0 spiro atoms. The molecule has 3 amide bonds. The van der Waals surface area contributed by atoms with Gasteiger partial charge in [-0.2, -0.15) is 0 Å². The van der Waals surface area contributed by atoms with E-state index in [4.69, 9.17) is 29.2 Å². The minimum atomic E-state index is -0.930. The first-order chi connectivity index (χ1) is 17.8. The van der Waals surface area contributed by atoms with E-state index in [9.17, 15) is 24.0 Å². The molecule has 0 aliphatic rings. The molecule has 0 bridgehead atoms. The van der Waals surface area contributed by atoms with Crippen LogP contribution in [-0.2, 0) is 42.9 Å². The van der Waals surface area contributed by atoms with E-state index in [-0.39, 0.29) is 89.8 Å². The summed E-state index contributed by atoms with van der Waals surface area (Å²) in [5, 5.41) is 25.0. The number of hydrogen-bond acceptors (Lipinski definition) is 9. The van der Waals surface area contributed by atoms with Gasteiger partial charge >= 0.3 is 11.9 Å². The fourth-order valence-corrected chi connectivity index (χ4v) is 2.69. The predicted octanol–water partition coefficient (Wildman–Crippen LogP) is -0.699. The van der Waals surface area contributed by atoms with Crippen LogP contribution in [0.5, 0.6) is 0 Å². The van der Waals surface area contributed by atoms with Crippen LogP contribution < -0.4 is 16.0 Å². The number of carboxylic acids is 2. The van der Waals surface area contributed by atoms with E-state index < -0.39 is 11.9 Å². The summed E-state index contributed by atoms with van der Waals surface area (Å²) in [4.78, 5) is 55.4. The van der Waals surface area contributed by atoms with Crippen molar-refractivity contribution in [3.63, 3.8) is 0 Å². The Morgan fingerprint density at radius 1 is 0.459 bits per heavy atom. The summed E-state index contributed by atoms with van der Waals surface area (Å²) in [6.45, 7) is 2.42. The van der Waals surface area contributed by atoms with Gasteiger partial charge < -0.3 is 45.1 Å². The molecule has 0 rings (SSSR count). The van der Waals surface area contributed by atoms with Crippen LogP contribution in [0.3, 0.4) is 0 Å². The first kappa shape index (κ1) is 34.2. The number of rotatable bonds is 26. The molecule has 14 heteroatoms. The zero-order valence-corrected chi connectivity index (χ0v) is 21.3. The minimum absolute atomic E-state index is 0.0410. The number of aliphatic carboxylic acids is 2. The average molecular weight is 536 g/mol. The molecule has 0 aliphatic carbocycles. The van der Waals surface area contributed by atoms with Gasteiger partial charge in [0.15, 0.2) is 0 Å². The highest BCUT2D eigenvalue weighted by atomic mass is 16.5. The van der Waals surface area contributed by atoms with Gasteiger partial charge in [0.1, 0.15) is 13.2 Å². The first-order valence-corrected chi connectivity index (χ1v) is 12.4. The van der Waals surface area contributed by atoms with Gasteiger partial charge in [0.05, 0.1) is 39.6 Å². The highest BCUT2D eigenvalue weighted by molar-refractivity contribution is 5.77. The highest BCUT2D eigenvalue weighted by Gasteiger charge is 2.04. The molecule has 14 nitrogen and oxygen atoms in total. The van der Waals surface area contributed by atoms with Crippen molar-refractivity contribution in [2.45, 2.75) is 44.9 Å². The molecule has 0 fully saturated rings. The molecule has 37 heavy (non-hydrogen) atoms. The Bertz CT molecular complexity index is 662. The second kappa shape index (κ2) is 24.9. The van der Waals surface area contributed by atoms with Gasteiger partial charge in [-0.1, -0.05) is 6.42 Å². The fraction of sp³-hybridized carbons (Fsp3) is 0.783. The Morgan fingerprint density at radius 2 is 0.919 bits per heavy atom. The topological polar surface area (TPSA) is 199 Å². The van der Waals surface area contributed by atoms with Gasteiger partial charge in [0, 0.05) is 38.9 Å². The molecule has 0 aromatic rings. The van der Waals surface area contributed by atoms with Gasteiger partial charge in [-0.15, -0.1) is 0 Å². The van der Waals surface area contributed by atoms with Gasteiger partial charge in [0.2, 0.25) is 17.7 Å². The summed E-state index contributed by atoms with van der Waals surface area (Å²) in [6, 6.07) is 0. The van der Waals surface area contributed by atoms with Crippen molar-refractivity contribution in [2.75, 3.05) is 72.5 Å². The third-order valence-corrected chi connectivity index (χ3v) is 4.53. The monoisotopic (exact) mass is 535 g/mol. The zero-order valence-electron chi connectivity index (χ0n) is 21.3. The molecule has 0 aromatic carbocycles. The van der Waals surface area contributed by atoms with E-state index in [1.165, 1.54) is 0 Å². The number of unbranched alkanes of at least 4 members (excludes halogenated alkanes) is 2. The van der Waals surface area contributed by atoms with Crippen LogP contribution in [0.15, 0.2) is 0 Å². The van der Waals surface area contributed by atoms with Gasteiger partial charge in [-0.25, -0.2) is 0 Å². The summed E-state index contributed by atoms with van der Waals surface area (Å²) in [7, 11) is 0. The Hall–Kier alpha value is -2.81. The van der Waals surface area contributed by atoms with E-state index in [2.05, 4.69) is 16.0 Å². The molecule has 0 aliphatic heterocycles. The fourth-order valence-electron chi connectivity index (χ4n) is 2.69. The predicted molar refractivity (Wildman–Crippen MR) is 130 cm³/mol. The maximum atomic E-state index is 11.7. The molecule has 0 atom stereocenters. The maximum Gasteiger partial charge on any atom is 0.303 e. The van der Waals surface area contributed by atoms with E-state index in [1.54, 1.807) is 0 Å². The Labute approximate surface area is 216 Å². The van der Waals surface area contributed by atoms with E-state index in [0.29, 0.717) is 38.9 Å². The molecule has 0 saturated heterocycles. The lowest BCUT2D eigenvalue weighted by molar-refractivity contribution is -0.138. The number of ether oxygens (including phenoxy) is 4. The van der Waals surface area contributed by atoms with Crippen molar-refractivity contribution >= 4 is 29.7 Å². The molecule has 0 saturated carbocycles. The maximum absolute atomic E-state index is 11.7. The number of carboxylic acid groups (broad SMARTS) is 2. The van der Waals surface area contributed by atoms with Crippen LogP contribution >= 0.6 is 0 Å². The molecule has 0 unspecified atom stereocenters. The van der Waals surface area contributed by atoms with Gasteiger partial charge in [-0.05, 0) is 19.3 Å². The first-order valence-electron chi connectivity index (χ1n) is 12.4. The SMILES string of the molecule is O=C(O)CCCCCNC(=O)COCCOCCNC(=O)COCCOCCNC(=O)CCCC(=O)O. The number of carbonyl (C=O) groups is 5. The number of carbonyl (C=O) groups excluding carboxylic acids is 3. The lowest BCUT2D eigenvalue weighted by Gasteiger charge is -2.09. The van der Waals surface area contributed by atoms with Crippen molar-refractivity contribution in [3.8, 4) is 0 Å². The average Bonchev–Trinajstić information content (AvgIpc) is 2.84. The van der Waals surface area contributed by atoms with Crippen molar-refractivity contribution in [2.24, 2.45) is 0 Å². The largest absolute Gasteiger partial charge is 0.481 e.